The molecule has 1 aliphatic rings. The number of fused-ring (bicyclic) bond motifs is 2. The van der Waals surface area contributed by atoms with Crippen LogP contribution < -0.4 is 22.1 Å². The summed E-state index contributed by atoms with van der Waals surface area (Å²) in [4.78, 5) is 20.7. The number of hydrogen-bond acceptors (Lipinski definition) is 11. The fourth-order valence-corrected chi connectivity index (χ4v) is 3.36. The van der Waals surface area contributed by atoms with Gasteiger partial charge in [0.2, 0.25) is 11.7 Å². The molecule has 3 aromatic rings. The first-order valence-corrected chi connectivity index (χ1v) is 9.16. The largest absolute Gasteiger partial charge is 0.460 e. The van der Waals surface area contributed by atoms with E-state index in [-0.39, 0.29) is 41.2 Å². The van der Waals surface area contributed by atoms with Gasteiger partial charge in [0.15, 0.2) is 6.19 Å². The lowest BCUT2D eigenvalue weighted by atomic mass is 9.94. The van der Waals surface area contributed by atoms with Crippen molar-refractivity contribution in [2.24, 2.45) is 4.99 Å². The molecular weight excluding hydrogens is 400 g/mol. The molecule has 154 valence electrons. The van der Waals surface area contributed by atoms with Crippen LogP contribution in [0, 0.1) is 22.8 Å². The Morgan fingerprint density at radius 1 is 1.35 bits per heavy atom. The van der Waals surface area contributed by atoms with Crippen LogP contribution in [0.3, 0.4) is 0 Å². The van der Waals surface area contributed by atoms with E-state index in [2.05, 4.69) is 20.6 Å². The number of furan rings is 1. The van der Waals surface area contributed by atoms with Crippen LogP contribution in [-0.4, -0.2) is 23.5 Å². The van der Waals surface area contributed by atoms with Crippen LogP contribution in [0.2, 0.25) is 0 Å². The summed E-state index contributed by atoms with van der Waals surface area (Å²) in [6.45, 7) is 1.94. The van der Waals surface area contributed by atoms with Gasteiger partial charge in [-0.3, -0.25) is 5.32 Å². The first kappa shape index (κ1) is 19.5. The number of nitrogens with two attached hydrogens (primary N) is 2. The first-order chi connectivity index (χ1) is 15.0. The molecule has 0 radical (unpaired) electrons. The molecule has 4 rings (SSSR count). The van der Waals surface area contributed by atoms with Crippen molar-refractivity contribution in [2.75, 3.05) is 23.4 Å². The molecular formula is C20H16N8O3. The van der Waals surface area contributed by atoms with Gasteiger partial charge in [-0.1, -0.05) is 6.07 Å². The number of aliphatic imine (C=N–C) groups is 1. The number of nitriles is 2. The summed E-state index contributed by atoms with van der Waals surface area (Å²) >= 11 is 0. The van der Waals surface area contributed by atoms with E-state index in [9.17, 15) is 10.1 Å². The van der Waals surface area contributed by atoms with Gasteiger partial charge in [-0.15, -0.1) is 0 Å². The van der Waals surface area contributed by atoms with Crippen molar-refractivity contribution >= 4 is 40.2 Å². The average molecular weight is 416 g/mol. The molecule has 31 heavy (non-hydrogen) atoms. The molecule has 11 nitrogen and oxygen atoms in total. The average Bonchev–Trinajstić information content (AvgIpc) is 3.17. The number of aromatic nitrogens is 1. The Labute approximate surface area is 175 Å². The van der Waals surface area contributed by atoms with E-state index >= 15 is 0 Å². The highest BCUT2D eigenvalue weighted by atomic mass is 16.5. The standard InChI is InChI=1S/C20H16N8O3/c1-2-30-19(29)13-6-10-5-9(3-4-12(10)31-13)16-14-15(23)11(7-21)17(24)27-18(14)28-20(26-16)25-8-22/h3-6,16H,2H2,1H3,(H6,23,24,25,26,27,28). The highest BCUT2D eigenvalue weighted by molar-refractivity contribution is 5.99. The normalized spacial score (nSPS) is 14.5. The van der Waals surface area contributed by atoms with Crippen LogP contribution in [-0.2, 0) is 4.74 Å². The second-order valence-electron chi connectivity index (χ2n) is 6.53. The third-order valence-corrected chi connectivity index (χ3v) is 4.69. The number of anilines is 3. The number of esters is 1. The van der Waals surface area contributed by atoms with E-state index < -0.39 is 12.0 Å². The molecule has 0 aliphatic carbocycles. The Balaban J connectivity index is 1.86. The van der Waals surface area contributed by atoms with Crippen molar-refractivity contribution in [1.29, 1.82) is 10.5 Å². The summed E-state index contributed by atoms with van der Waals surface area (Å²) in [6.07, 6.45) is 1.80. The summed E-state index contributed by atoms with van der Waals surface area (Å²) in [5.41, 5.74) is 13.9. The molecule has 0 spiro atoms. The summed E-state index contributed by atoms with van der Waals surface area (Å²) in [5, 5.41) is 24.4. The minimum Gasteiger partial charge on any atom is -0.460 e. The van der Waals surface area contributed by atoms with E-state index in [1.807, 2.05) is 6.07 Å². The number of carbonyl (C=O) groups excluding carboxylic acids is 1. The van der Waals surface area contributed by atoms with Gasteiger partial charge in [0.25, 0.3) is 0 Å². The second-order valence-corrected chi connectivity index (χ2v) is 6.53. The minimum atomic E-state index is -0.697. The maximum atomic E-state index is 12.0. The van der Waals surface area contributed by atoms with Gasteiger partial charge in [-0.25, -0.2) is 14.8 Å². The number of benzene rings is 1. The molecule has 3 heterocycles. The molecule has 1 aromatic carbocycles. The summed E-state index contributed by atoms with van der Waals surface area (Å²) in [6, 6.07) is 8.04. The van der Waals surface area contributed by atoms with Crippen molar-refractivity contribution in [1.82, 2.24) is 10.3 Å². The zero-order chi connectivity index (χ0) is 22.1. The highest BCUT2D eigenvalue weighted by Gasteiger charge is 2.30. The SMILES string of the molecule is CCOC(=O)c1cc2cc(C3N=C(NC#N)Nc4nc(N)c(C#N)c(N)c43)ccc2o1. The van der Waals surface area contributed by atoms with E-state index in [0.29, 0.717) is 22.1 Å². The monoisotopic (exact) mass is 416 g/mol. The predicted octanol–water partition coefficient (Wildman–Crippen LogP) is 1.98. The van der Waals surface area contributed by atoms with Crippen LogP contribution in [0.4, 0.5) is 17.3 Å². The van der Waals surface area contributed by atoms with E-state index in [1.54, 1.807) is 37.4 Å². The minimum absolute atomic E-state index is 0.0347. The van der Waals surface area contributed by atoms with Gasteiger partial charge in [-0.05, 0) is 30.7 Å². The molecule has 1 atom stereocenters. The number of pyridine rings is 1. The predicted molar refractivity (Wildman–Crippen MR) is 112 cm³/mol. The van der Waals surface area contributed by atoms with Crippen LogP contribution >= 0.6 is 0 Å². The van der Waals surface area contributed by atoms with Gasteiger partial charge in [0.1, 0.15) is 34.9 Å². The fourth-order valence-electron chi connectivity index (χ4n) is 3.36. The molecule has 0 saturated carbocycles. The van der Waals surface area contributed by atoms with Crippen molar-refractivity contribution < 1.29 is 13.9 Å². The zero-order valence-electron chi connectivity index (χ0n) is 16.3. The molecule has 1 unspecified atom stereocenters. The van der Waals surface area contributed by atoms with Gasteiger partial charge in [-0.2, -0.15) is 10.5 Å². The fraction of sp³-hybridized carbons (Fsp3) is 0.150. The first-order valence-electron chi connectivity index (χ1n) is 9.16. The number of nitrogens with one attached hydrogen (secondary N) is 2. The maximum absolute atomic E-state index is 12.0. The number of hydrogen-bond donors (Lipinski definition) is 4. The molecule has 0 fully saturated rings. The summed E-state index contributed by atoms with van der Waals surface area (Å²) < 4.78 is 10.5. The summed E-state index contributed by atoms with van der Waals surface area (Å²) in [7, 11) is 0. The van der Waals surface area contributed by atoms with Crippen LogP contribution in [0.25, 0.3) is 11.0 Å². The number of nitrogens with zero attached hydrogens (tertiary/aromatic N) is 4. The van der Waals surface area contributed by atoms with Crippen molar-refractivity contribution in [3.63, 3.8) is 0 Å². The van der Waals surface area contributed by atoms with Crippen molar-refractivity contribution in [2.45, 2.75) is 13.0 Å². The van der Waals surface area contributed by atoms with Crippen LogP contribution in [0.15, 0.2) is 33.7 Å². The maximum Gasteiger partial charge on any atom is 0.374 e. The molecule has 2 aromatic heterocycles. The number of rotatable bonds is 3. The highest BCUT2D eigenvalue weighted by Crippen LogP contribution is 2.41. The van der Waals surface area contributed by atoms with Gasteiger partial charge in [0.05, 0.1) is 12.3 Å². The Bertz CT molecular complexity index is 1330. The van der Waals surface area contributed by atoms with Crippen LogP contribution in [0.5, 0.6) is 0 Å². The van der Waals surface area contributed by atoms with Crippen LogP contribution in [0.1, 0.15) is 40.2 Å². The van der Waals surface area contributed by atoms with Gasteiger partial charge < -0.3 is 25.9 Å². The molecule has 0 saturated heterocycles. The van der Waals surface area contributed by atoms with E-state index in [1.165, 1.54) is 0 Å². The third-order valence-electron chi connectivity index (χ3n) is 4.69. The van der Waals surface area contributed by atoms with Gasteiger partial charge in [0, 0.05) is 10.9 Å². The molecule has 1 aliphatic heterocycles. The van der Waals surface area contributed by atoms with E-state index in [0.717, 1.165) is 0 Å². The number of ether oxygens (including phenoxy) is 1. The zero-order valence-corrected chi connectivity index (χ0v) is 16.3. The third kappa shape index (κ3) is 3.30. The number of guanidine groups is 1. The Morgan fingerprint density at radius 2 is 2.16 bits per heavy atom. The van der Waals surface area contributed by atoms with Gasteiger partial charge >= 0.3 is 5.97 Å². The quantitative estimate of drug-likeness (QED) is 0.279. The smallest absolute Gasteiger partial charge is 0.374 e. The second kappa shape index (κ2) is 7.57. The van der Waals surface area contributed by atoms with Crippen molar-refractivity contribution in [3.8, 4) is 12.3 Å². The Hall–Kier alpha value is -4.77. The van der Waals surface area contributed by atoms with Crippen molar-refractivity contribution in [3.05, 3.63) is 46.7 Å². The lowest BCUT2D eigenvalue weighted by molar-refractivity contribution is 0.0492. The molecule has 0 bridgehead atoms. The number of carbonyl (C=O) groups is 1. The molecule has 0 amide bonds. The Morgan fingerprint density at radius 3 is 2.87 bits per heavy atom. The number of nitrogen functional groups attached to an aromatic ring is 2. The van der Waals surface area contributed by atoms with E-state index in [4.69, 9.17) is 25.9 Å². The topological polar surface area (TPSA) is 188 Å². The molecule has 6 N–H and O–H groups in total. The lowest BCUT2D eigenvalue weighted by Gasteiger charge is -2.26. The lowest BCUT2D eigenvalue weighted by Crippen LogP contribution is -2.32. The molecule has 11 heteroatoms. The Kier molecular flexibility index (Phi) is 4.77. The summed E-state index contributed by atoms with van der Waals surface area (Å²) in [5.74, 6) is -0.0846.